The molecule has 3 aromatic rings. The zero-order valence-electron chi connectivity index (χ0n) is 12.0. The van der Waals surface area contributed by atoms with Gasteiger partial charge in [-0.1, -0.05) is 18.2 Å². The van der Waals surface area contributed by atoms with Crippen LogP contribution in [0, 0.1) is 6.92 Å². The van der Waals surface area contributed by atoms with Crippen molar-refractivity contribution < 1.29 is 9.21 Å². The molecular weight excluding hydrogens is 264 g/mol. The summed E-state index contributed by atoms with van der Waals surface area (Å²) in [5, 5.41) is 2.91. The van der Waals surface area contributed by atoms with Crippen LogP contribution in [-0.4, -0.2) is 10.5 Å². The van der Waals surface area contributed by atoms with E-state index in [0.29, 0.717) is 11.5 Å². The van der Waals surface area contributed by atoms with E-state index >= 15 is 0 Å². The number of rotatable bonds is 3. The number of nitrogens with one attached hydrogen (secondary N) is 1. The number of anilines is 1. The number of aromatic nitrogens is 1. The number of carbonyl (C=O) groups excluding carboxylic acids is 1. The molecule has 2 heterocycles. The predicted octanol–water partition coefficient (Wildman–Crippen LogP) is 3.85. The molecule has 0 aliphatic rings. The molecule has 4 heteroatoms. The first-order valence-corrected chi connectivity index (χ1v) is 6.73. The fourth-order valence-corrected chi connectivity index (χ4v) is 2.50. The number of benzene rings is 1. The topological polar surface area (TPSA) is 47.2 Å². The Hall–Kier alpha value is -2.75. The second-order valence-electron chi connectivity index (χ2n) is 4.94. The van der Waals surface area contributed by atoms with E-state index in [1.54, 1.807) is 6.26 Å². The van der Waals surface area contributed by atoms with E-state index in [1.165, 1.54) is 0 Å². The first kappa shape index (κ1) is 13.2. The van der Waals surface area contributed by atoms with Gasteiger partial charge < -0.3 is 14.3 Å². The molecule has 0 unspecified atom stereocenters. The molecule has 106 valence electrons. The summed E-state index contributed by atoms with van der Waals surface area (Å²) in [6.07, 6.45) is 3.54. The summed E-state index contributed by atoms with van der Waals surface area (Å²) >= 11 is 0. The molecule has 0 saturated carbocycles. The van der Waals surface area contributed by atoms with Crippen LogP contribution < -0.4 is 5.32 Å². The lowest BCUT2D eigenvalue weighted by Gasteiger charge is -2.08. The lowest BCUT2D eigenvalue weighted by molar-refractivity contribution is 0.102. The van der Waals surface area contributed by atoms with Gasteiger partial charge in [0.1, 0.15) is 11.5 Å². The summed E-state index contributed by atoms with van der Waals surface area (Å²) < 4.78 is 7.29. The van der Waals surface area contributed by atoms with Crippen molar-refractivity contribution in [2.75, 3.05) is 5.32 Å². The van der Waals surface area contributed by atoms with Crippen LogP contribution in [0.15, 0.2) is 59.3 Å². The van der Waals surface area contributed by atoms with Gasteiger partial charge in [0.2, 0.25) is 0 Å². The van der Waals surface area contributed by atoms with Crippen molar-refractivity contribution in [3.05, 3.63) is 66.2 Å². The van der Waals surface area contributed by atoms with E-state index in [4.69, 9.17) is 4.42 Å². The molecule has 3 rings (SSSR count). The summed E-state index contributed by atoms with van der Waals surface area (Å²) in [7, 11) is 1.86. The van der Waals surface area contributed by atoms with Gasteiger partial charge in [-0.05, 0) is 36.8 Å². The highest BCUT2D eigenvalue weighted by molar-refractivity contribution is 6.07. The maximum Gasteiger partial charge on any atom is 0.273 e. The molecule has 0 aliphatic carbocycles. The molecule has 21 heavy (non-hydrogen) atoms. The second-order valence-corrected chi connectivity index (χ2v) is 4.94. The van der Waals surface area contributed by atoms with E-state index < -0.39 is 0 Å². The standard InChI is InChI=1S/C17H16N2O2/c1-12-11-19(2)16(15(12)14-9-6-10-21-14)17(20)18-13-7-4-3-5-8-13/h3-11H,1-2H3,(H,18,20). The number of hydrogen-bond acceptors (Lipinski definition) is 2. The molecule has 4 nitrogen and oxygen atoms in total. The number of furan rings is 1. The van der Waals surface area contributed by atoms with Gasteiger partial charge in [0.25, 0.3) is 5.91 Å². The predicted molar refractivity (Wildman–Crippen MR) is 82.2 cm³/mol. The molecule has 0 saturated heterocycles. The molecule has 2 aromatic heterocycles. The Bertz CT molecular complexity index is 756. The quantitative estimate of drug-likeness (QED) is 0.792. The third-order valence-electron chi connectivity index (χ3n) is 3.39. The first-order valence-electron chi connectivity index (χ1n) is 6.73. The van der Waals surface area contributed by atoms with Gasteiger partial charge in [0.05, 0.1) is 11.8 Å². The van der Waals surface area contributed by atoms with Crippen LogP contribution in [0.4, 0.5) is 5.69 Å². The van der Waals surface area contributed by atoms with Crippen molar-refractivity contribution in [1.82, 2.24) is 4.57 Å². The third kappa shape index (κ3) is 2.48. The number of hydrogen-bond donors (Lipinski definition) is 1. The minimum atomic E-state index is -0.150. The lowest BCUT2D eigenvalue weighted by Crippen LogP contribution is -2.16. The molecule has 0 fully saturated rings. The summed E-state index contributed by atoms with van der Waals surface area (Å²) in [5.41, 5.74) is 3.19. The van der Waals surface area contributed by atoms with E-state index in [0.717, 1.165) is 16.8 Å². The Morgan fingerprint density at radius 2 is 1.90 bits per heavy atom. The van der Waals surface area contributed by atoms with Crippen LogP contribution in [0.5, 0.6) is 0 Å². The van der Waals surface area contributed by atoms with Crippen LogP contribution in [-0.2, 0) is 7.05 Å². The first-order chi connectivity index (χ1) is 10.2. The van der Waals surface area contributed by atoms with Crippen LogP contribution >= 0.6 is 0 Å². The third-order valence-corrected chi connectivity index (χ3v) is 3.39. The van der Waals surface area contributed by atoms with Crippen molar-refractivity contribution in [2.45, 2.75) is 6.92 Å². The molecule has 0 atom stereocenters. The number of aryl methyl sites for hydroxylation is 2. The maximum atomic E-state index is 12.6. The Labute approximate surface area is 123 Å². The van der Waals surface area contributed by atoms with E-state index in [9.17, 15) is 4.79 Å². The summed E-state index contributed by atoms with van der Waals surface area (Å²) in [6, 6.07) is 13.1. The molecule has 1 N–H and O–H groups in total. The van der Waals surface area contributed by atoms with Crippen molar-refractivity contribution in [3.8, 4) is 11.3 Å². The minimum absolute atomic E-state index is 0.150. The maximum absolute atomic E-state index is 12.6. The number of carbonyl (C=O) groups is 1. The monoisotopic (exact) mass is 280 g/mol. The zero-order chi connectivity index (χ0) is 14.8. The molecular formula is C17H16N2O2. The van der Waals surface area contributed by atoms with Crippen LogP contribution in [0.1, 0.15) is 16.1 Å². The van der Waals surface area contributed by atoms with Crippen molar-refractivity contribution >= 4 is 11.6 Å². The molecule has 0 bridgehead atoms. The van der Waals surface area contributed by atoms with Gasteiger partial charge in [-0.15, -0.1) is 0 Å². The fraction of sp³-hybridized carbons (Fsp3) is 0.118. The van der Waals surface area contributed by atoms with Gasteiger partial charge in [-0.3, -0.25) is 4.79 Å². The lowest BCUT2D eigenvalue weighted by atomic mass is 10.1. The van der Waals surface area contributed by atoms with Gasteiger partial charge in [0.15, 0.2) is 0 Å². The van der Waals surface area contributed by atoms with Gasteiger partial charge in [0, 0.05) is 18.9 Å². The minimum Gasteiger partial charge on any atom is -0.464 e. The van der Waals surface area contributed by atoms with Crippen LogP contribution in [0.25, 0.3) is 11.3 Å². The largest absolute Gasteiger partial charge is 0.464 e. The van der Waals surface area contributed by atoms with E-state index in [-0.39, 0.29) is 5.91 Å². The van der Waals surface area contributed by atoms with Gasteiger partial charge in [-0.25, -0.2) is 0 Å². The van der Waals surface area contributed by atoms with E-state index in [1.807, 2.05) is 67.2 Å². The molecule has 1 amide bonds. The highest BCUT2D eigenvalue weighted by atomic mass is 16.3. The number of para-hydroxylation sites is 1. The van der Waals surface area contributed by atoms with Crippen molar-refractivity contribution in [2.24, 2.45) is 7.05 Å². The Kier molecular flexibility index (Phi) is 3.36. The van der Waals surface area contributed by atoms with Gasteiger partial charge in [-0.2, -0.15) is 0 Å². The summed E-state index contributed by atoms with van der Waals surface area (Å²) in [4.78, 5) is 12.6. The smallest absolute Gasteiger partial charge is 0.273 e. The number of nitrogens with zero attached hydrogens (tertiary/aromatic N) is 1. The fourth-order valence-electron chi connectivity index (χ4n) is 2.50. The van der Waals surface area contributed by atoms with Gasteiger partial charge >= 0.3 is 0 Å². The average Bonchev–Trinajstić information content (AvgIpc) is 3.07. The molecule has 0 spiro atoms. The highest BCUT2D eigenvalue weighted by Gasteiger charge is 2.21. The molecule has 0 radical (unpaired) electrons. The highest BCUT2D eigenvalue weighted by Crippen LogP contribution is 2.29. The van der Waals surface area contributed by atoms with Crippen molar-refractivity contribution in [3.63, 3.8) is 0 Å². The van der Waals surface area contributed by atoms with Crippen molar-refractivity contribution in [1.29, 1.82) is 0 Å². The van der Waals surface area contributed by atoms with Crippen LogP contribution in [0.3, 0.4) is 0 Å². The SMILES string of the molecule is Cc1cn(C)c(C(=O)Nc2ccccc2)c1-c1ccco1. The Morgan fingerprint density at radius 1 is 1.14 bits per heavy atom. The normalized spacial score (nSPS) is 10.6. The Morgan fingerprint density at radius 3 is 2.57 bits per heavy atom. The van der Waals surface area contributed by atoms with E-state index in [2.05, 4.69) is 5.32 Å². The molecule has 1 aromatic carbocycles. The Balaban J connectivity index is 2.00. The zero-order valence-corrected chi connectivity index (χ0v) is 12.0. The number of amides is 1. The average molecular weight is 280 g/mol. The van der Waals surface area contributed by atoms with Crippen LogP contribution in [0.2, 0.25) is 0 Å². The molecule has 0 aliphatic heterocycles. The summed E-state index contributed by atoms with van der Waals surface area (Å²) in [6.45, 7) is 1.97. The summed E-state index contributed by atoms with van der Waals surface area (Å²) in [5.74, 6) is 0.550. The second kappa shape index (κ2) is 5.32.